The monoisotopic (exact) mass is 403 g/mol. The number of hydrogen-bond acceptors (Lipinski definition) is 4. The van der Waals surface area contributed by atoms with Crippen LogP contribution in [0.2, 0.25) is 0 Å². The Balaban J connectivity index is 1.43. The van der Waals surface area contributed by atoms with Gasteiger partial charge in [-0.15, -0.1) is 0 Å². The van der Waals surface area contributed by atoms with E-state index in [4.69, 9.17) is 0 Å². The maximum absolute atomic E-state index is 12.6. The minimum absolute atomic E-state index is 0.0821. The van der Waals surface area contributed by atoms with Crippen LogP contribution in [0.25, 0.3) is 0 Å². The normalized spacial score (nSPS) is 21.5. The third-order valence-corrected chi connectivity index (χ3v) is 6.60. The third kappa shape index (κ3) is 5.98. The average molecular weight is 404 g/mol. The summed E-state index contributed by atoms with van der Waals surface area (Å²) in [5, 5.41) is 3.11. The summed E-state index contributed by atoms with van der Waals surface area (Å²) in [4.78, 5) is 29.4. The Kier molecular flexibility index (Phi) is 8.22. The van der Waals surface area contributed by atoms with Crippen LogP contribution in [0.4, 0.5) is 0 Å². The lowest BCUT2D eigenvalue weighted by atomic mass is 9.93. The predicted octanol–water partition coefficient (Wildman–Crippen LogP) is 2.76. The zero-order valence-corrected chi connectivity index (χ0v) is 17.8. The summed E-state index contributed by atoms with van der Waals surface area (Å²) in [6, 6.07) is 10.6. The largest absolute Gasteiger partial charge is 0.352 e. The first-order valence-corrected chi connectivity index (χ1v) is 11.9. The molecule has 0 spiro atoms. The van der Waals surface area contributed by atoms with Gasteiger partial charge in [-0.3, -0.25) is 14.5 Å². The van der Waals surface area contributed by atoms with Gasteiger partial charge in [0.05, 0.1) is 5.92 Å². The van der Waals surface area contributed by atoms with Crippen molar-refractivity contribution in [2.75, 3.05) is 38.2 Å². The molecule has 2 saturated heterocycles. The van der Waals surface area contributed by atoms with Crippen molar-refractivity contribution < 1.29 is 9.59 Å². The Labute approximate surface area is 173 Å². The number of amides is 2. The van der Waals surface area contributed by atoms with Crippen molar-refractivity contribution >= 4 is 23.6 Å². The molecule has 1 N–H and O–H groups in total. The molecule has 2 heterocycles. The fourth-order valence-electron chi connectivity index (χ4n) is 4.31. The molecule has 6 heteroatoms. The van der Waals surface area contributed by atoms with E-state index >= 15 is 0 Å². The van der Waals surface area contributed by atoms with Crippen molar-refractivity contribution in [3.8, 4) is 0 Å². The number of carbonyl (C=O) groups is 2. The van der Waals surface area contributed by atoms with E-state index in [2.05, 4.69) is 10.2 Å². The summed E-state index contributed by atoms with van der Waals surface area (Å²) in [5.74, 6) is 1.46. The van der Waals surface area contributed by atoms with Gasteiger partial charge in [0.25, 0.3) is 0 Å². The first-order valence-electron chi connectivity index (χ1n) is 10.5. The number of rotatable bonds is 7. The molecule has 2 fully saturated rings. The van der Waals surface area contributed by atoms with Gasteiger partial charge in [0.1, 0.15) is 0 Å². The first-order chi connectivity index (χ1) is 13.7. The summed E-state index contributed by atoms with van der Waals surface area (Å²) in [5.41, 5.74) is 1.14. The quantitative estimate of drug-likeness (QED) is 0.761. The van der Waals surface area contributed by atoms with Gasteiger partial charge in [0.15, 0.2) is 0 Å². The molecule has 154 valence electrons. The molecule has 0 bridgehead atoms. The van der Waals surface area contributed by atoms with E-state index < -0.39 is 0 Å². The molecule has 0 aromatic heterocycles. The molecule has 0 aliphatic carbocycles. The Morgan fingerprint density at radius 2 is 1.86 bits per heavy atom. The highest BCUT2D eigenvalue weighted by Gasteiger charge is 2.32. The van der Waals surface area contributed by atoms with Crippen LogP contribution in [0.15, 0.2) is 30.3 Å². The number of thioether (sulfide) groups is 1. The molecule has 1 aromatic rings. The van der Waals surface area contributed by atoms with E-state index in [-0.39, 0.29) is 11.8 Å². The summed E-state index contributed by atoms with van der Waals surface area (Å²) in [7, 11) is 0. The molecule has 28 heavy (non-hydrogen) atoms. The van der Waals surface area contributed by atoms with Crippen LogP contribution in [-0.2, 0) is 16.1 Å². The smallest absolute Gasteiger partial charge is 0.224 e. The predicted molar refractivity (Wildman–Crippen MR) is 115 cm³/mol. The molecule has 0 radical (unpaired) electrons. The summed E-state index contributed by atoms with van der Waals surface area (Å²) in [6.07, 6.45) is 6.81. The van der Waals surface area contributed by atoms with Crippen molar-refractivity contribution in [2.24, 2.45) is 5.92 Å². The number of benzene rings is 1. The van der Waals surface area contributed by atoms with Crippen molar-refractivity contribution in [1.82, 2.24) is 15.1 Å². The van der Waals surface area contributed by atoms with Gasteiger partial charge < -0.3 is 10.2 Å². The number of carbonyl (C=O) groups excluding carboxylic acids is 2. The van der Waals surface area contributed by atoms with Crippen LogP contribution < -0.4 is 5.32 Å². The number of nitrogens with one attached hydrogen (secondary N) is 1. The Bertz CT molecular complexity index is 632. The molecule has 2 aliphatic heterocycles. The molecule has 3 rings (SSSR count). The lowest BCUT2D eigenvalue weighted by molar-refractivity contribution is -0.132. The van der Waals surface area contributed by atoms with Gasteiger partial charge in [-0.2, -0.15) is 11.8 Å². The molecule has 2 aliphatic rings. The van der Waals surface area contributed by atoms with Crippen LogP contribution in [0.3, 0.4) is 0 Å². The van der Waals surface area contributed by atoms with Crippen molar-refractivity contribution in [3.63, 3.8) is 0 Å². The summed E-state index contributed by atoms with van der Waals surface area (Å²) in [6.45, 7) is 4.25. The highest BCUT2D eigenvalue weighted by Crippen LogP contribution is 2.24. The zero-order valence-electron chi connectivity index (χ0n) is 16.9. The van der Waals surface area contributed by atoms with E-state index in [0.29, 0.717) is 24.9 Å². The van der Waals surface area contributed by atoms with Gasteiger partial charge in [-0.05, 0) is 44.0 Å². The molecule has 0 saturated carbocycles. The molecule has 2 amide bonds. The molecular formula is C22H33N3O2S. The minimum Gasteiger partial charge on any atom is -0.352 e. The Hall–Kier alpha value is -1.53. The molecule has 1 aromatic carbocycles. The maximum Gasteiger partial charge on any atom is 0.224 e. The third-order valence-electron chi connectivity index (χ3n) is 5.99. The van der Waals surface area contributed by atoms with Crippen molar-refractivity contribution in [3.05, 3.63) is 35.9 Å². The van der Waals surface area contributed by atoms with E-state index in [0.717, 1.165) is 63.2 Å². The van der Waals surface area contributed by atoms with E-state index in [9.17, 15) is 9.59 Å². The van der Waals surface area contributed by atoms with Crippen LogP contribution >= 0.6 is 11.8 Å². The van der Waals surface area contributed by atoms with Gasteiger partial charge in [0, 0.05) is 44.4 Å². The van der Waals surface area contributed by atoms with Crippen molar-refractivity contribution in [2.45, 2.75) is 44.7 Å². The SMILES string of the molecule is CSCCC(=O)N1CCC(N2CCCC(C(=O)NCc3ccccc3)C2)CC1. The molecule has 1 unspecified atom stereocenters. The molecular weight excluding hydrogens is 370 g/mol. The highest BCUT2D eigenvalue weighted by molar-refractivity contribution is 7.98. The van der Waals surface area contributed by atoms with Gasteiger partial charge in [-0.25, -0.2) is 0 Å². The van der Waals surface area contributed by atoms with Crippen LogP contribution in [-0.4, -0.2) is 65.8 Å². The molecule has 5 nitrogen and oxygen atoms in total. The summed E-state index contributed by atoms with van der Waals surface area (Å²) < 4.78 is 0. The topological polar surface area (TPSA) is 52.7 Å². The van der Waals surface area contributed by atoms with Gasteiger partial charge >= 0.3 is 0 Å². The summed E-state index contributed by atoms with van der Waals surface area (Å²) >= 11 is 1.73. The molecule has 1 atom stereocenters. The van der Waals surface area contributed by atoms with Gasteiger partial charge in [0.2, 0.25) is 11.8 Å². The highest BCUT2D eigenvalue weighted by atomic mass is 32.2. The fraction of sp³-hybridized carbons (Fsp3) is 0.636. The van der Waals surface area contributed by atoms with Crippen LogP contribution in [0, 0.1) is 5.92 Å². The van der Waals surface area contributed by atoms with Gasteiger partial charge in [-0.1, -0.05) is 30.3 Å². The number of hydrogen-bond donors (Lipinski definition) is 1. The van der Waals surface area contributed by atoms with E-state index in [1.165, 1.54) is 0 Å². The maximum atomic E-state index is 12.6. The fourth-order valence-corrected chi connectivity index (χ4v) is 4.69. The number of piperidine rings is 2. The van der Waals surface area contributed by atoms with E-state index in [1.807, 2.05) is 41.5 Å². The second-order valence-corrected chi connectivity index (χ2v) is 8.88. The van der Waals surface area contributed by atoms with E-state index in [1.54, 1.807) is 11.8 Å². The second-order valence-electron chi connectivity index (χ2n) is 7.89. The van der Waals surface area contributed by atoms with Crippen molar-refractivity contribution in [1.29, 1.82) is 0 Å². The minimum atomic E-state index is 0.0821. The Morgan fingerprint density at radius 3 is 2.57 bits per heavy atom. The number of nitrogens with zero attached hydrogens (tertiary/aromatic N) is 2. The second kappa shape index (κ2) is 10.9. The lowest BCUT2D eigenvalue weighted by Crippen LogP contribution is -2.51. The standard InChI is InChI=1S/C22H33N3O2S/c1-28-15-11-21(26)24-13-9-20(10-14-24)25-12-5-8-19(17-25)22(27)23-16-18-6-3-2-4-7-18/h2-4,6-7,19-20H,5,8-17H2,1H3,(H,23,27). The number of likely N-dealkylation sites (tertiary alicyclic amines) is 2. The zero-order chi connectivity index (χ0) is 19.8. The van der Waals surface area contributed by atoms with Crippen LogP contribution in [0.5, 0.6) is 0 Å². The Morgan fingerprint density at radius 1 is 1.11 bits per heavy atom. The average Bonchev–Trinajstić information content (AvgIpc) is 2.76. The lowest BCUT2D eigenvalue weighted by Gasteiger charge is -2.42. The first kappa shape index (κ1) is 21.2. The van der Waals surface area contributed by atoms with Crippen LogP contribution in [0.1, 0.15) is 37.7 Å².